The Bertz CT molecular complexity index is 1140. The van der Waals surface area contributed by atoms with Crippen LogP contribution in [-0.4, -0.2) is 83.5 Å². The minimum atomic E-state index is -1.03. The predicted octanol–water partition coefficient (Wildman–Crippen LogP) is 2.61. The van der Waals surface area contributed by atoms with Gasteiger partial charge in [0.1, 0.15) is 11.8 Å². The SMILES string of the molecule is CCCC(CCC)OCC(NC(=O)CCC(=O)NC)C(=O)N(Cc1cccc(OC)c1)C[C@@H](O)[C@@H](N)Cc1ccccc1.O=S. The molecule has 0 fully saturated rings. The first-order valence-electron chi connectivity index (χ1n) is 15.4. The Balaban J connectivity index is 0.00000496. The molecular formula is C33H50N4O7S. The Morgan fingerprint density at radius 1 is 0.956 bits per heavy atom. The number of methoxy groups -OCH3 is 1. The maximum absolute atomic E-state index is 14.1. The number of nitrogens with two attached hydrogens (primary N) is 1. The molecular weight excluding hydrogens is 596 g/mol. The fraction of sp³-hybridized carbons (Fsp3) is 0.545. The lowest BCUT2D eigenvalue weighted by Gasteiger charge is -2.32. The van der Waals surface area contributed by atoms with Crippen LogP contribution in [-0.2, 0) is 44.6 Å². The van der Waals surface area contributed by atoms with Gasteiger partial charge in [0, 0.05) is 39.0 Å². The minimum absolute atomic E-state index is 0.00102. The highest BCUT2D eigenvalue weighted by atomic mass is 32.1. The van der Waals surface area contributed by atoms with Crippen LogP contribution in [0.1, 0.15) is 63.5 Å². The van der Waals surface area contributed by atoms with Gasteiger partial charge in [0.2, 0.25) is 17.7 Å². The van der Waals surface area contributed by atoms with Crippen molar-refractivity contribution in [1.29, 1.82) is 0 Å². The van der Waals surface area contributed by atoms with Crippen molar-refractivity contribution in [3.05, 3.63) is 65.7 Å². The highest BCUT2D eigenvalue weighted by Crippen LogP contribution is 2.17. The summed E-state index contributed by atoms with van der Waals surface area (Å²) >= 11 is 2.83. The molecule has 3 atom stereocenters. The minimum Gasteiger partial charge on any atom is -0.497 e. The number of aliphatic hydroxyl groups excluding tert-OH is 1. The number of carbonyl (C=O) groups is 3. The van der Waals surface area contributed by atoms with Crippen molar-refractivity contribution >= 4 is 30.3 Å². The number of nitrogens with zero attached hydrogens (tertiary/aromatic N) is 1. The molecule has 0 aromatic heterocycles. The standard InChI is InChI=1S/C33H50N4O6.OS/c1-5-11-26(12-6-2)43-23-29(36-32(40)18-17-31(39)35-3)33(41)37(21-25-15-10-16-27(19-25)42-4)22-30(38)28(34)20-24-13-8-7-9-14-24;1-2/h7-10,13-16,19,26,28-30,38H,5-6,11-12,17-18,20-23,34H2,1-4H3,(H,35,39)(H,36,40);/t28-,29?,30+;/m0./s1. The zero-order valence-corrected chi connectivity index (χ0v) is 27.7. The van der Waals surface area contributed by atoms with Crippen molar-refractivity contribution in [2.24, 2.45) is 5.73 Å². The van der Waals surface area contributed by atoms with E-state index >= 15 is 0 Å². The number of amides is 3. The van der Waals surface area contributed by atoms with Crippen LogP contribution in [0.3, 0.4) is 0 Å². The summed E-state index contributed by atoms with van der Waals surface area (Å²) in [6.45, 7) is 4.22. The summed E-state index contributed by atoms with van der Waals surface area (Å²) < 4.78 is 19.4. The summed E-state index contributed by atoms with van der Waals surface area (Å²) in [5.41, 5.74) is 8.17. The van der Waals surface area contributed by atoms with Gasteiger partial charge in [0.15, 0.2) is 12.5 Å². The Kier molecular flexibility index (Phi) is 20.2. The lowest BCUT2D eigenvalue weighted by atomic mass is 10.0. The number of hydrogen-bond acceptors (Lipinski definition) is 9. The average Bonchev–Trinajstić information content (AvgIpc) is 3.06. The quantitative estimate of drug-likeness (QED) is 0.170. The van der Waals surface area contributed by atoms with Crippen LogP contribution in [0.25, 0.3) is 0 Å². The monoisotopic (exact) mass is 646 g/mol. The second-order valence-corrected chi connectivity index (χ2v) is 10.8. The number of benzene rings is 2. The fourth-order valence-electron chi connectivity index (χ4n) is 4.81. The van der Waals surface area contributed by atoms with Crippen molar-refractivity contribution < 1.29 is 33.2 Å². The van der Waals surface area contributed by atoms with Crippen LogP contribution in [0.2, 0.25) is 0 Å². The summed E-state index contributed by atoms with van der Waals surface area (Å²) in [6, 6.07) is 15.3. The number of rotatable bonds is 20. The Morgan fingerprint density at radius 2 is 1.58 bits per heavy atom. The molecule has 0 saturated heterocycles. The molecule has 1 unspecified atom stereocenters. The highest BCUT2D eigenvalue weighted by molar-refractivity contribution is 7.44. The first-order chi connectivity index (χ1) is 21.7. The third kappa shape index (κ3) is 15.4. The largest absolute Gasteiger partial charge is 0.497 e. The molecule has 0 radical (unpaired) electrons. The summed E-state index contributed by atoms with van der Waals surface area (Å²) in [5.74, 6) is -0.476. The van der Waals surface area contributed by atoms with E-state index in [0.717, 1.165) is 36.8 Å². The molecule has 2 aromatic rings. The smallest absolute Gasteiger partial charge is 0.247 e. The van der Waals surface area contributed by atoms with Crippen LogP contribution >= 0.6 is 0 Å². The molecule has 3 amide bonds. The third-order valence-corrected chi connectivity index (χ3v) is 7.25. The van der Waals surface area contributed by atoms with Crippen LogP contribution < -0.4 is 21.1 Å². The first-order valence-corrected chi connectivity index (χ1v) is 15.7. The van der Waals surface area contributed by atoms with Gasteiger partial charge in [-0.05, 0) is 42.5 Å². The van der Waals surface area contributed by atoms with Crippen LogP contribution in [0.5, 0.6) is 5.75 Å². The van der Waals surface area contributed by atoms with Crippen LogP contribution in [0.4, 0.5) is 0 Å². The van der Waals surface area contributed by atoms with E-state index in [1.807, 2.05) is 54.6 Å². The summed E-state index contributed by atoms with van der Waals surface area (Å²) in [4.78, 5) is 40.3. The van der Waals surface area contributed by atoms with Crippen molar-refractivity contribution in [3.8, 4) is 5.75 Å². The van der Waals surface area contributed by atoms with Crippen molar-refractivity contribution in [3.63, 3.8) is 0 Å². The summed E-state index contributed by atoms with van der Waals surface area (Å²) in [6.07, 6.45) is 2.79. The molecule has 0 spiro atoms. The average molecular weight is 647 g/mol. The van der Waals surface area contributed by atoms with Gasteiger partial charge in [-0.3, -0.25) is 14.4 Å². The van der Waals surface area contributed by atoms with E-state index in [9.17, 15) is 19.5 Å². The zero-order chi connectivity index (χ0) is 33.6. The number of carbonyl (C=O) groups excluding carboxylic acids is 3. The van der Waals surface area contributed by atoms with Crippen LogP contribution in [0.15, 0.2) is 54.6 Å². The van der Waals surface area contributed by atoms with E-state index in [1.165, 1.54) is 11.9 Å². The van der Waals surface area contributed by atoms with Gasteiger partial charge in [-0.1, -0.05) is 69.2 Å². The van der Waals surface area contributed by atoms with E-state index in [4.69, 9.17) is 19.4 Å². The van der Waals surface area contributed by atoms with E-state index in [1.54, 1.807) is 7.11 Å². The van der Waals surface area contributed by atoms with Crippen molar-refractivity contribution in [1.82, 2.24) is 15.5 Å². The number of aliphatic hydroxyl groups is 1. The second-order valence-electron chi connectivity index (χ2n) is 10.8. The van der Waals surface area contributed by atoms with Crippen molar-refractivity contribution in [2.75, 3.05) is 27.3 Å². The molecule has 0 heterocycles. The third-order valence-electron chi connectivity index (χ3n) is 7.25. The second kappa shape index (κ2) is 23.0. The Labute approximate surface area is 272 Å². The number of nitrogens with one attached hydrogen (secondary N) is 2. The summed E-state index contributed by atoms with van der Waals surface area (Å²) in [7, 11) is 3.07. The van der Waals surface area contributed by atoms with Crippen molar-refractivity contribution in [2.45, 2.75) is 89.6 Å². The highest BCUT2D eigenvalue weighted by Gasteiger charge is 2.30. The molecule has 250 valence electrons. The molecule has 0 bridgehead atoms. The van der Waals surface area contributed by atoms with Crippen LogP contribution in [0, 0.1) is 0 Å². The van der Waals surface area contributed by atoms with Gasteiger partial charge in [-0.25, -0.2) is 0 Å². The lowest BCUT2D eigenvalue weighted by Crippen LogP contribution is -2.54. The predicted molar refractivity (Wildman–Crippen MR) is 175 cm³/mol. The van der Waals surface area contributed by atoms with E-state index in [-0.39, 0.29) is 44.5 Å². The van der Waals surface area contributed by atoms with Gasteiger partial charge in [-0.2, -0.15) is 4.21 Å². The fourth-order valence-corrected chi connectivity index (χ4v) is 4.81. The lowest BCUT2D eigenvalue weighted by molar-refractivity contribution is -0.141. The molecule has 5 N–H and O–H groups in total. The van der Waals surface area contributed by atoms with Gasteiger partial charge in [0.05, 0.1) is 25.9 Å². The number of hydrogen-bond donors (Lipinski definition) is 4. The molecule has 12 heteroatoms. The molecule has 2 aromatic carbocycles. The molecule has 0 saturated carbocycles. The molecule has 0 aliphatic rings. The normalized spacial score (nSPS) is 12.7. The van der Waals surface area contributed by atoms with E-state index in [2.05, 4.69) is 37.0 Å². The maximum atomic E-state index is 14.1. The van der Waals surface area contributed by atoms with Gasteiger partial charge in [0.25, 0.3) is 0 Å². The maximum Gasteiger partial charge on any atom is 0.247 e. The zero-order valence-electron chi connectivity index (χ0n) is 26.9. The topological polar surface area (TPSA) is 160 Å². The first kappa shape index (κ1) is 39.6. The van der Waals surface area contributed by atoms with E-state index < -0.39 is 30.0 Å². The molecule has 2 rings (SSSR count). The Hall–Kier alpha value is -3.45. The molecule has 45 heavy (non-hydrogen) atoms. The van der Waals surface area contributed by atoms with Gasteiger partial charge >= 0.3 is 0 Å². The molecule has 0 aliphatic heterocycles. The Morgan fingerprint density at radius 3 is 2.18 bits per heavy atom. The molecule has 0 aliphatic carbocycles. The van der Waals surface area contributed by atoms with E-state index in [0.29, 0.717) is 12.2 Å². The number of ether oxygens (including phenoxy) is 2. The van der Waals surface area contributed by atoms with Gasteiger partial charge in [-0.15, -0.1) is 0 Å². The molecule has 11 nitrogen and oxygen atoms in total. The van der Waals surface area contributed by atoms with Gasteiger partial charge < -0.3 is 35.8 Å². The summed E-state index contributed by atoms with van der Waals surface area (Å²) in [5, 5.41) is 16.5.